The molecular formula is C23H18Cl2N2O3. The number of nitrogens with one attached hydrogen (secondary N) is 1. The number of carbonyl (C=O) groups excluding carboxylic acids is 1. The minimum absolute atomic E-state index is 0.182. The third-order valence-electron chi connectivity index (χ3n) is 4.46. The van der Waals surface area contributed by atoms with Crippen LogP contribution in [0.1, 0.15) is 17.0 Å². The molecule has 0 bridgehead atoms. The average molecular weight is 441 g/mol. The van der Waals surface area contributed by atoms with Crippen LogP contribution in [0.5, 0.6) is 5.75 Å². The number of aromatic nitrogens is 1. The van der Waals surface area contributed by atoms with Gasteiger partial charge in [0.1, 0.15) is 11.3 Å². The lowest BCUT2D eigenvalue weighted by atomic mass is 10.1. The van der Waals surface area contributed by atoms with E-state index in [2.05, 4.69) is 10.3 Å². The van der Waals surface area contributed by atoms with Crippen molar-refractivity contribution in [2.45, 2.75) is 13.3 Å². The van der Waals surface area contributed by atoms with Gasteiger partial charge in [-0.1, -0.05) is 53.5 Å². The van der Waals surface area contributed by atoms with Gasteiger partial charge in [-0.15, -0.1) is 0 Å². The monoisotopic (exact) mass is 440 g/mol. The maximum absolute atomic E-state index is 12.3. The van der Waals surface area contributed by atoms with Crippen molar-refractivity contribution >= 4 is 45.9 Å². The van der Waals surface area contributed by atoms with E-state index in [0.29, 0.717) is 44.9 Å². The highest BCUT2D eigenvalue weighted by Crippen LogP contribution is 2.31. The number of fused-ring (bicyclic) bond motifs is 1. The Bertz CT molecular complexity index is 1180. The molecule has 30 heavy (non-hydrogen) atoms. The second-order valence-corrected chi connectivity index (χ2v) is 7.67. The Morgan fingerprint density at radius 1 is 1.10 bits per heavy atom. The number of nitrogens with zero attached hydrogens (tertiary/aromatic N) is 1. The zero-order chi connectivity index (χ0) is 21.1. The lowest BCUT2D eigenvalue weighted by Crippen LogP contribution is -2.20. The molecule has 0 spiro atoms. The van der Waals surface area contributed by atoms with Crippen molar-refractivity contribution in [3.8, 4) is 5.75 Å². The molecule has 4 rings (SSSR count). The maximum atomic E-state index is 12.3. The average Bonchev–Trinajstić information content (AvgIpc) is 3.09. The summed E-state index contributed by atoms with van der Waals surface area (Å²) in [6, 6.07) is 18.6. The Kier molecular flexibility index (Phi) is 5.93. The van der Waals surface area contributed by atoms with Crippen molar-refractivity contribution in [3.05, 3.63) is 87.7 Å². The molecule has 1 heterocycles. The second kappa shape index (κ2) is 8.78. The van der Waals surface area contributed by atoms with Crippen LogP contribution in [0, 0.1) is 6.92 Å². The zero-order valence-corrected chi connectivity index (χ0v) is 17.6. The van der Waals surface area contributed by atoms with E-state index >= 15 is 0 Å². The number of anilines is 1. The number of benzene rings is 3. The second-order valence-electron chi connectivity index (χ2n) is 6.82. The molecule has 4 aromatic rings. The molecule has 1 N–H and O–H groups in total. The molecule has 7 heteroatoms. The predicted octanol–water partition coefficient (Wildman–Crippen LogP) is 6.05. The van der Waals surface area contributed by atoms with Crippen LogP contribution in [-0.4, -0.2) is 17.5 Å². The normalized spacial score (nSPS) is 10.9. The van der Waals surface area contributed by atoms with Gasteiger partial charge in [-0.2, -0.15) is 0 Å². The summed E-state index contributed by atoms with van der Waals surface area (Å²) in [5.74, 6) is 0.748. The van der Waals surface area contributed by atoms with Crippen molar-refractivity contribution in [2.75, 3.05) is 11.9 Å². The fourth-order valence-corrected chi connectivity index (χ4v) is 3.76. The lowest BCUT2D eigenvalue weighted by Gasteiger charge is -2.11. The molecule has 0 aliphatic rings. The van der Waals surface area contributed by atoms with Crippen molar-refractivity contribution < 1.29 is 13.9 Å². The van der Waals surface area contributed by atoms with Gasteiger partial charge in [0.05, 0.1) is 5.02 Å². The summed E-state index contributed by atoms with van der Waals surface area (Å²) in [5.41, 5.74) is 3.82. The van der Waals surface area contributed by atoms with Gasteiger partial charge in [0.15, 0.2) is 18.1 Å². The van der Waals surface area contributed by atoms with E-state index in [4.69, 9.17) is 32.4 Å². The Morgan fingerprint density at radius 3 is 2.67 bits per heavy atom. The van der Waals surface area contributed by atoms with Gasteiger partial charge in [-0.3, -0.25) is 4.79 Å². The number of oxazole rings is 1. The molecule has 0 aliphatic heterocycles. The minimum Gasteiger partial charge on any atom is -0.482 e. The first-order valence-electron chi connectivity index (χ1n) is 9.29. The van der Waals surface area contributed by atoms with E-state index in [-0.39, 0.29) is 12.5 Å². The summed E-state index contributed by atoms with van der Waals surface area (Å²) < 4.78 is 11.4. The Balaban J connectivity index is 1.41. The third kappa shape index (κ3) is 4.75. The van der Waals surface area contributed by atoms with Crippen molar-refractivity contribution in [1.82, 2.24) is 4.98 Å². The molecular weight excluding hydrogens is 423 g/mol. The van der Waals surface area contributed by atoms with Gasteiger partial charge in [0, 0.05) is 17.1 Å². The van der Waals surface area contributed by atoms with E-state index in [1.165, 1.54) is 0 Å². The molecule has 152 valence electrons. The highest BCUT2D eigenvalue weighted by atomic mass is 35.5. The fraction of sp³-hybridized carbons (Fsp3) is 0.130. The smallest absolute Gasteiger partial charge is 0.262 e. The standard InChI is InChI=1S/C23H18Cl2N2O3/c1-14-9-16(24)11-18(25)23(14)29-13-21(28)26-17-7-8-20-19(12-17)27-22(30-20)10-15-5-3-2-4-6-15/h2-9,11-12H,10,13H2,1H3,(H,26,28). The van der Waals surface area contributed by atoms with Crippen LogP contribution in [0.25, 0.3) is 11.1 Å². The van der Waals surface area contributed by atoms with Crippen LogP contribution < -0.4 is 10.1 Å². The van der Waals surface area contributed by atoms with Crippen molar-refractivity contribution in [1.29, 1.82) is 0 Å². The van der Waals surface area contributed by atoms with Gasteiger partial charge in [0.25, 0.3) is 5.91 Å². The van der Waals surface area contributed by atoms with Crippen LogP contribution in [0.4, 0.5) is 5.69 Å². The molecule has 5 nitrogen and oxygen atoms in total. The topological polar surface area (TPSA) is 64.4 Å². The number of halogens is 2. The maximum Gasteiger partial charge on any atom is 0.262 e. The molecule has 1 amide bonds. The summed E-state index contributed by atoms with van der Waals surface area (Å²) in [6.07, 6.45) is 0.603. The van der Waals surface area contributed by atoms with Crippen molar-refractivity contribution in [3.63, 3.8) is 0 Å². The van der Waals surface area contributed by atoms with Gasteiger partial charge in [-0.05, 0) is 48.4 Å². The molecule has 0 saturated carbocycles. The van der Waals surface area contributed by atoms with Crippen LogP contribution in [0.15, 0.2) is 65.1 Å². The van der Waals surface area contributed by atoms with Gasteiger partial charge in [0.2, 0.25) is 0 Å². The molecule has 0 saturated heterocycles. The lowest BCUT2D eigenvalue weighted by molar-refractivity contribution is -0.118. The summed E-state index contributed by atoms with van der Waals surface area (Å²) in [6.45, 7) is 1.63. The first-order valence-corrected chi connectivity index (χ1v) is 10.1. The van der Waals surface area contributed by atoms with Gasteiger partial charge in [-0.25, -0.2) is 4.98 Å². The molecule has 1 aromatic heterocycles. The molecule has 0 aliphatic carbocycles. The van der Waals surface area contributed by atoms with Crippen LogP contribution in [0.3, 0.4) is 0 Å². The minimum atomic E-state index is -0.312. The SMILES string of the molecule is Cc1cc(Cl)cc(Cl)c1OCC(=O)Nc1ccc2oc(Cc3ccccc3)nc2c1. The molecule has 0 unspecified atom stereocenters. The van der Waals surface area contributed by atoms with E-state index in [1.807, 2.05) is 37.3 Å². The van der Waals surface area contributed by atoms with Gasteiger partial charge >= 0.3 is 0 Å². The van der Waals surface area contributed by atoms with E-state index in [1.54, 1.807) is 30.3 Å². The molecule has 0 radical (unpaired) electrons. The van der Waals surface area contributed by atoms with Crippen LogP contribution in [-0.2, 0) is 11.2 Å². The first-order chi connectivity index (χ1) is 14.5. The molecule has 0 fully saturated rings. The first kappa shape index (κ1) is 20.3. The van der Waals surface area contributed by atoms with E-state index in [9.17, 15) is 4.79 Å². The quantitative estimate of drug-likeness (QED) is 0.396. The highest BCUT2D eigenvalue weighted by Gasteiger charge is 2.12. The van der Waals surface area contributed by atoms with E-state index in [0.717, 1.165) is 11.1 Å². The number of amides is 1. The summed E-state index contributed by atoms with van der Waals surface area (Å²) >= 11 is 12.1. The number of hydrogen-bond donors (Lipinski definition) is 1. The zero-order valence-electron chi connectivity index (χ0n) is 16.1. The fourth-order valence-electron chi connectivity index (χ4n) is 3.11. The highest BCUT2D eigenvalue weighted by molar-refractivity contribution is 6.35. The molecule has 3 aromatic carbocycles. The van der Waals surface area contributed by atoms with Crippen LogP contribution in [0.2, 0.25) is 10.0 Å². The van der Waals surface area contributed by atoms with E-state index < -0.39 is 0 Å². The number of ether oxygens (including phenoxy) is 1. The van der Waals surface area contributed by atoms with Crippen LogP contribution >= 0.6 is 23.2 Å². The third-order valence-corrected chi connectivity index (χ3v) is 4.95. The Labute approximate surface area is 183 Å². The summed E-state index contributed by atoms with van der Waals surface area (Å²) in [7, 11) is 0. The number of hydrogen-bond acceptors (Lipinski definition) is 4. The Hall–Kier alpha value is -3.02. The Morgan fingerprint density at radius 2 is 1.90 bits per heavy atom. The summed E-state index contributed by atoms with van der Waals surface area (Å²) in [5, 5.41) is 3.68. The van der Waals surface area contributed by atoms with Gasteiger partial charge < -0.3 is 14.5 Å². The number of aryl methyl sites for hydroxylation is 1. The largest absolute Gasteiger partial charge is 0.482 e. The number of rotatable bonds is 6. The van der Waals surface area contributed by atoms with Crippen molar-refractivity contribution in [2.24, 2.45) is 0 Å². The summed E-state index contributed by atoms with van der Waals surface area (Å²) in [4.78, 5) is 16.8. The number of carbonyl (C=O) groups is 1. The molecule has 0 atom stereocenters. The predicted molar refractivity (Wildman–Crippen MR) is 119 cm³/mol.